The number of hydrogen-bond acceptors (Lipinski definition) is 3. The summed E-state index contributed by atoms with van der Waals surface area (Å²) in [6.07, 6.45) is 0. The summed E-state index contributed by atoms with van der Waals surface area (Å²) < 4.78 is 1.90. The molecule has 0 spiro atoms. The largest absolute Gasteiger partial charge is 0.316 e. The van der Waals surface area contributed by atoms with Crippen LogP contribution in [0.15, 0.2) is 49.8 Å². The average Bonchev–Trinajstić information content (AvgIpc) is 2.43. The maximum Gasteiger partial charge on any atom is 0.293 e. The van der Waals surface area contributed by atoms with Gasteiger partial charge < -0.3 is 5.32 Å². The number of hydrogen-bond donors (Lipinski definition) is 1. The molecule has 2 rings (SSSR count). The Morgan fingerprint density at radius 2 is 1.67 bits per heavy atom. The number of nitro groups is 1. The number of carbonyl (C=O) groups excluding carboxylic acids is 1. The van der Waals surface area contributed by atoms with Crippen LogP contribution in [-0.2, 0) is 0 Å². The van der Waals surface area contributed by atoms with Gasteiger partial charge in [-0.2, -0.15) is 0 Å². The van der Waals surface area contributed by atoms with E-state index in [4.69, 9.17) is 0 Å². The molecule has 5 nitrogen and oxygen atoms in total. The maximum absolute atomic E-state index is 12.3. The van der Waals surface area contributed by atoms with E-state index in [9.17, 15) is 14.9 Å². The van der Waals surface area contributed by atoms with Crippen molar-refractivity contribution in [1.82, 2.24) is 0 Å². The molecule has 1 N–H and O–H groups in total. The van der Waals surface area contributed by atoms with Crippen LogP contribution in [0.1, 0.15) is 10.4 Å². The molecular formula is C13H7Br3N2O3. The quantitative estimate of drug-likeness (QED) is 0.490. The molecule has 0 aliphatic heterocycles. The highest BCUT2D eigenvalue weighted by Crippen LogP contribution is 2.29. The molecule has 21 heavy (non-hydrogen) atoms. The van der Waals surface area contributed by atoms with Crippen LogP contribution in [0.5, 0.6) is 0 Å². The fourth-order valence-corrected chi connectivity index (χ4v) is 2.76. The Bertz CT molecular complexity index is 735. The second-order valence-corrected chi connectivity index (χ2v) is 6.68. The highest BCUT2D eigenvalue weighted by molar-refractivity contribution is 9.11. The van der Waals surface area contributed by atoms with E-state index in [1.165, 1.54) is 12.1 Å². The zero-order valence-corrected chi connectivity index (χ0v) is 15.0. The van der Waals surface area contributed by atoms with E-state index in [1.807, 2.05) is 0 Å². The molecule has 0 aliphatic carbocycles. The van der Waals surface area contributed by atoms with Crippen LogP contribution in [0.2, 0.25) is 0 Å². The first-order valence-corrected chi connectivity index (χ1v) is 7.96. The molecule has 0 radical (unpaired) electrons. The van der Waals surface area contributed by atoms with Gasteiger partial charge in [-0.15, -0.1) is 0 Å². The van der Waals surface area contributed by atoms with Crippen LogP contribution in [0.25, 0.3) is 0 Å². The summed E-state index contributed by atoms with van der Waals surface area (Å²) in [4.78, 5) is 22.7. The molecule has 0 saturated heterocycles. The van der Waals surface area contributed by atoms with Gasteiger partial charge in [0.2, 0.25) is 0 Å². The van der Waals surface area contributed by atoms with E-state index in [0.717, 1.165) is 4.47 Å². The Hall–Kier alpha value is -1.25. The molecule has 0 unspecified atom stereocenters. The van der Waals surface area contributed by atoms with Gasteiger partial charge in [-0.3, -0.25) is 14.9 Å². The van der Waals surface area contributed by atoms with Crippen molar-refractivity contribution >= 4 is 65.1 Å². The van der Waals surface area contributed by atoms with Crippen molar-refractivity contribution in [3.63, 3.8) is 0 Å². The summed E-state index contributed by atoms with van der Waals surface area (Å²) >= 11 is 9.73. The van der Waals surface area contributed by atoms with Crippen LogP contribution in [-0.4, -0.2) is 10.8 Å². The average molecular weight is 479 g/mol. The lowest BCUT2D eigenvalue weighted by Crippen LogP contribution is -2.13. The Morgan fingerprint density at radius 3 is 2.33 bits per heavy atom. The van der Waals surface area contributed by atoms with Gasteiger partial charge in [0.1, 0.15) is 5.69 Å². The topological polar surface area (TPSA) is 72.2 Å². The standard InChI is InChI=1S/C13H7Br3N2O3/c14-7-1-3-10(16)9(5-7)13(19)17-11-4-2-8(15)6-12(11)18(20)21/h1-6H,(H,17,19). The second-order valence-electron chi connectivity index (χ2n) is 4.00. The molecule has 0 aliphatic rings. The summed E-state index contributed by atoms with van der Waals surface area (Å²) in [7, 11) is 0. The summed E-state index contributed by atoms with van der Waals surface area (Å²) in [5, 5.41) is 13.6. The minimum Gasteiger partial charge on any atom is -0.316 e. The molecule has 2 aromatic carbocycles. The first-order valence-electron chi connectivity index (χ1n) is 5.59. The number of anilines is 1. The zero-order valence-electron chi connectivity index (χ0n) is 10.3. The number of carbonyl (C=O) groups is 1. The summed E-state index contributed by atoms with van der Waals surface area (Å²) in [5.74, 6) is -0.436. The van der Waals surface area contributed by atoms with Crippen molar-refractivity contribution in [2.45, 2.75) is 0 Å². The normalized spacial score (nSPS) is 10.2. The maximum atomic E-state index is 12.3. The van der Waals surface area contributed by atoms with E-state index in [1.54, 1.807) is 24.3 Å². The molecule has 2 aromatic rings. The van der Waals surface area contributed by atoms with Crippen molar-refractivity contribution in [2.75, 3.05) is 5.32 Å². The predicted molar refractivity (Wildman–Crippen MR) is 90.6 cm³/mol. The molecule has 0 saturated carbocycles. The van der Waals surface area contributed by atoms with Crippen LogP contribution in [0.3, 0.4) is 0 Å². The third kappa shape index (κ3) is 3.90. The Balaban J connectivity index is 2.36. The van der Waals surface area contributed by atoms with Gasteiger partial charge in [0.15, 0.2) is 0 Å². The first kappa shape index (κ1) is 16.1. The number of nitro benzene ring substituents is 1. The molecule has 8 heteroatoms. The van der Waals surface area contributed by atoms with Crippen LogP contribution < -0.4 is 5.32 Å². The van der Waals surface area contributed by atoms with Gasteiger partial charge in [-0.05, 0) is 46.3 Å². The van der Waals surface area contributed by atoms with E-state index in [2.05, 4.69) is 53.1 Å². The van der Waals surface area contributed by atoms with Crippen molar-refractivity contribution in [2.24, 2.45) is 0 Å². The minimum atomic E-state index is -0.545. The Morgan fingerprint density at radius 1 is 1.05 bits per heavy atom. The number of nitrogens with zero attached hydrogens (tertiary/aromatic N) is 1. The van der Waals surface area contributed by atoms with Crippen molar-refractivity contribution < 1.29 is 9.72 Å². The van der Waals surface area contributed by atoms with Crippen LogP contribution in [0, 0.1) is 10.1 Å². The van der Waals surface area contributed by atoms with E-state index >= 15 is 0 Å². The van der Waals surface area contributed by atoms with Gasteiger partial charge in [0.05, 0.1) is 10.5 Å². The van der Waals surface area contributed by atoms with Gasteiger partial charge in [-0.25, -0.2) is 0 Å². The molecule has 0 fully saturated rings. The molecule has 108 valence electrons. The lowest BCUT2D eigenvalue weighted by Gasteiger charge is -2.08. The second kappa shape index (κ2) is 6.67. The van der Waals surface area contributed by atoms with Gasteiger partial charge in [0.25, 0.3) is 11.6 Å². The smallest absolute Gasteiger partial charge is 0.293 e. The predicted octanol–water partition coefficient (Wildman–Crippen LogP) is 5.13. The van der Waals surface area contributed by atoms with E-state index in [0.29, 0.717) is 14.5 Å². The van der Waals surface area contributed by atoms with Gasteiger partial charge >= 0.3 is 0 Å². The summed E-state index contributed by atoms with van der Waals surface area (Å²) in [6, 6.07) is 9.57. The molecule has 0 atom stereocenters. The van der Waals surface area contributed by atoms with Crippen molar-refractivity contribution in [3.05, 3.63) is 65.5 Å². The molecule has 0 heterocycles. The number of rotatable bonds is 3. The monoisotopic (exact) mass is 476 g/mol. The number of amides is 1. The van der Waals surface area contributed by atoms with Crippen LogP contribution >= 0.6 is 47.8 Å². The first-order chi connectivity index (χ1) is 9.88. The lowest BCUT2D eigenvalue weighted by atomic mass is 10.2. The molecule has 1 amide bonds. The number of halogens is 3. The third-order valence-electron chi connectivity index (χ3n) is 2.58. The highest BCUT2D eigenvalue weighted by Gasteiger charge is 2.18. The molecule has 0 aromatic heterocycles. The fourth-order valence-electron chi connectivity index (χ4n) is 1.62. The summed E-state index contributed by atoms with van der Waals surface area (Å²) in [6.45, 7) is 0. The van der Waals surface area contributed by atoms with Crippen LogP contribution in [0.4, 0.5) is 11.4 Å². The van der Waals surface area contributed by atoms with Gasteiger partial charge in [-0.1, -0.05) is 31.9 Å². The molecule has 0 bridgehead atoms. The Labute approximate surface area is 145 Å². The number of nitrogens with one attached hydrogen (secondary N) is 1. The minimum absolute atomic E-state index is 0.139. The third-order valence-corrected chi connectivity index (χ3v) is 4.26. The Kier molecular flexibility index (Phi) is 5.13. The van der Waals surface area contributed by atoms with Crippen molar-refractivity contribution in [3.8, 4) is 0 Å². The van der Waals surface area contributed by atoms with E-state index < -0.39 is 10.8 Å². The van der Waals surface area contributed by atoms with Crippen molar-refractivity contribution in [1.29, 1.82) is 0 Å². The fraction of sp³-hybridized carbons (Fsp3) is 0. The van der Waals surface area contributed by atoms with E-state index in [-0.39, 0.29) is 11.4 Å². The zero-order chi connectivity index (χ0) is 15.6. The number of benzene rings is 2. The lowest BCUT2D eigenvalue weighted by molar-refractivity contribution is -0.384. The highest BCUT2D eigenvalue weighted by atomic mass is 79.9. The SMILES string of the molecule is O=C(Nc1ccc(Br)cc1[N+](=O)[O-])c1cc(Br)ccc1Br. The van der Waals surface area contributed by atoms with Gasteiger partial charge in [0, 0.05) is 19.5 Å². The summed E-state index contributed by atoms with van der Waals surface area (Å²) in [5.41, 5.74) is 0.338. The molecular weight excluding hydrogens is 472 g/mol.